The third-order valence-corrected chi connectivity index (χ3v) is 7.26. The normalized spacial score (nSPS) is 19.4. The summed E-state index contributed by atoms with van der Waals surface area (Å²) in [5.41, 5.74) is 2.66. The van der Waals surface area contributed by atoms with Gasteiger partial charge in [0.25, 0.3) is 0 Å². The van der Waals surface area contributed by atoms with Crippen molar-refractivity contribution in [2.45, 2.75) is 57.0 Å². The number of aromatic nitrogens is 3. The van der Waals surface area contributed by atoms with Gasteiger partial charge in [0.1, 0.15) is 5.82 Å². The van der Waals surface area contributed by atoms with Gasteiger partial charge in [0.15, 0.2) is 0 Å². The number of rotatable bonds is 7. The van der Waals surface area contributed by atoms with Crippen molar-refractivity contribution in [2.75, 3.05) is 7.05 Å². The van der Waals surface area contributed by atoms with Crippen LogP contribution in [0.25, 0.3) is 0 Å². The van der Waals surface area contributed by atoms with Gasteiger partial charge in [-0.1, -0.05) is 18.2 Å². The number of fused-ring (bicyclic) bond motifs is 1. The van der Waals surface area contributed by atoms with Crippen molar-refractivity contribution >= 4 is 17.7 Å². The van der Waals surface area contributed by atoms with E-state index in [0.717, 1.165) is 47.5 Å². The van der Waals surface area contributed by atoms with Gasteiger partial charge in [-0.3, -0.25) is 29.4 Å². The summed E-state index contributed by atoms with van der Waals surface area (Å²) in [4.78, 5) is 47.1. The largest absolute Gasteiger partial charge is 0.340 e. The lowest BCUT2D eigenvalue weighted by Gasteiger charge is -2.29. The van der Waals surface area contributed by atoms with Crippen LogP contribution in [0.5, 0.6) is 0 Å². The zero-order valence-corrected chi connectivity index (χ0v) is 20.2. The predicted molar refractivity (Wildman–Crippen MR) is 129 cm³/mol. The highest BCUT2D eigenvalue weighted by molar-refractivity contribution is 6.10. The molecule has 9 heteroatoms. The quantitative estimate of drug-likeness (QED) is 0.515. The first-order valence-corrected chi connectivity index (χ1v) is 12.2. The first-order valence-electron chi connectivity index (χ1n) is 12.2. The van der Waals surface area contributed by atoms with E-state index in [1.807, 2.05) is 0 Å². The first-order chi connectivity index (χ1) is 17.4. The molecule has 1 atom stereocenters. The molecule has 8 nitrogen and oxygen atoms in total. The van der Waals surface area contributed by atoms with Gasteiger partial charge in [-0.2, -0.15) is 5.10 Å². The molecule has 5 rings (SSSR count). The van der Waals surface area contributed by atoms with Crippen molar-refractivity contribution in [1.29, 1.82) is 0 Å². The number of imide groups is 1. The summed E-state index contributed by atoms with van der Waals surface area (Å²) in [6.45, 7) is 0.345. The fourth-order valence-electron chi connectivity index (χ4n) is 5.27. The number of amides is 3. The Labute approximate surface area is 208 Å². The average Bonchev–Trinajstić information content (AvgIpc) is 3.39. The van der Waals surface area contributed by atoms with Crippen LogP contribution in [0, 0.1) is 5.82 Å². The molecule has 2 aliphatic rings. The van der Waals surface area contributed by atoms with Crippen LogP contribution in [0.3, 0.4) is 0 Å². The van der Waals surface area contributed by atoms with Crippen molar-refractivity contribution in [3.05, 3.63) is 82.7 Å². The molecular formula is C27H28FN5O3. The fraction of sp³-hybridized carbons (Fsp3) is 0.370. The number of hydrogen-bond acceptors (Lipinski definition) is 5. The van der Waals surface area contributed by atoms with E-state index in [1.165, 1.54) is 23.1 Å². The zero-order valence-electron chi connectivity index (χ0n) is 20.2. The lowest BCUT2D eigenvalue weighted by atomic mass is 9.75. The molecule has 0 saturated carbocycles. The number of H-pyrrole nitrogens is 1. The van der Waals surface area contributed by atoms with Gasteiger partial charge in [0.05, 0.1) is 24.2 Å². The van der Waals surface area contributed by atoms with Crippen LogP contribution in [0.4, 0.5) is 4.39 Å². The van der Waals surface area contributed by atoms with Gasteiger partial charge in [0.2, 0.25) is 17.7 Å². The third kappa shape index (κ3) is 4.41. The molecule has 3 aromatic rings. The van der Waals surface area contributed by atoms with Crippen LogP contribution in [0.2, 0.25) is 0 Å². The van der Waals surface area contributed by atoms with Crippen molar-refractivity contribution in [3.63, 3.8) is 0 Å². The van der Waals surface area contributed by atoms with Crippen molar-refractivity contribution < 1.29 is 18.8 Å². The number of aromatic amines is 1. The van der Waals surface area contributed by atoms with Gasteiger partial charge in [0, 0.05) is 38.0 Å². The topological polar surface area (TPSA) is 99.3 Å². The molecule has 186 valence electrons. The smallest absolute Gasteiger partial charge is 0.241 e. The van der Waals surface area contributed by atoms with Crippen molar-refractivity contribution in [2.24, 2.45) is 0 Å². The van der Waals surface area contributed by atoms with Crippen molar-refractivity contribution in [3.8, 4) is 0 Å². The van der Waals surface area contributed by atoms with Crippen molar-refractivity contribution in [1.82, 2.24) is 25.0 Å². The maximum absolute atomic E-state index is 14.2. The Balaban J connectivity index is 1.42. The standard InChI is InChI=1S/C27H28FN5O3/c1-32(17-23-21-9-2-3-10-22(21)30-31-23)24(34)13-27(19-7-4-8-20(28)12-19)14-25(35)33(26(27)36)16-18-6-5-11-29-15-18/h4-8,11-12,15H,2-3,9-10,13-14,16-17H2,1H3,(H,30,31)/t27-/m1/s1. The number of nitrogens with zero attached hydrogens (tertiary/aromatic N) is 4. The molecule has 0 unspecified atom stereocenters. The molecule has 3 amide bonds. The molecule has 0 bridgehead atoms. The monoisotopic (exact) mass is 489 g/mol. The van der Waals surface area contributed by atoms with E-state index in [2.05, 4.69) is 15.2 Å². The van der Waals surface area contributed by atoms with Crippen LogP contribution < -0.4 is 0 Å². The number of nitrogens with one attached hydrogen (secondary N) is 1. The van der Waals surface area contributed by atoms with Gasteiger partial charge in [-0.15, -0.1) is 0 Å². The Morgan fingerprint density at radius 3 is 2.81 bits per heavy atom. The predicted octanol–water partition coefficient (Wildman–Crippen LogP) is 3.07. The second-order valence-electron chi connectivity index (χ2n) is 9.68. The Morgan fingerprint density at radius 1 is 1.19 bits per heavy atom. The molecule has 1 aromatic carbocycles. The summed E-state index contributed by atoms with van der Waals surface area (Å²) in [5.74, 6) is -1.73. The summed E-state index contributed by atoms with van der Waals surface area (Å²) >= 11 is 0. The number of likely N-dealkylation sites (tertiary alicyclic amines) is 1. The zero-order chi connectivity index (χ0) is 25.3. The van der Waals surface area contributed by atoms with Crippen LogP contribution >= 0.6 is 0 Å². The Kier molecular flexibility index (Phi) is 6.38. The minimum Gasteiger partial charge on any atom is -0.340 e. The molecule has 3 heterocycles. The maximum atomic E-state index is 14.2. The molecule has 1 fully saturated rings. The van der Waals surface area contributed by atoms with E-state index in [-0.39, 0.29) is 25.3 Å². The SMILES string of the molecule is CN(Cc1n[nH]c2c1CCCC2)C(=O)C[C@]1(c2cccc(F)c2)CC(=O)N(Cc2cccnc2)C1=O. The highest BCUT2D eigenvalue weighted by atomic mass is 19.1. The van der Waals surface area contributed by atoms with E-state index >= 15 is 0 Å². The number of pyridine rings is 1. The molecule has 1 aliphatic heterocycles. The summed E-state index contributed by atoms with van der Waals surface area (Å²) in [7, 11) is 1.67. The van der Waals surface area contributed by atoms with Gasteiger partial charge >= 0.3 is 0 Å². The fourth-order valence-corrected chi connectivity index (χ4v) is 5.27. The lowest BCUT2D eigenvalue weighted by molar-refractivity contribution is -0.143. The number of halogens is 1. The third-order valence-electron chi connectivity index (χ3n) is 7.26. The highest BCUT2D eigenvalue weighted by Crippen LogP contribution is 2.41. The number of hydrogen-bond donors (Lipinski definition) is 1. The van der Waals surface area contributed by atoms with Gasteiger partial charge < -0.3 is 4.90 Å². The molecular weight excluding hydrogens is 461 g/mol. The van der Waals surface area contributed by atoms with Crippen LogP contribution in [-0.4, -0.2) is 49.8 Å². The summed E-state index contributed by atoms with van der Waals surface area (Å²) < 4.78 is 14.2. The van der Waals surface area contributed by atoms with Crippen LogP contribution in [0.15, 0.2) is 48.8 Å². The number of carbonyl (C=O) groups is 3. The molecule has 0 spiro atoms. The molecule has 1 N–H and O–H groups in total. The average molecular weight is 490 g/mol. The molecule has 1 aliphatic carbocycles. The minimum atomic E-state index is -1.47. The second-order valence-corrected chi connectivity index (χ2v) is 9.68. The van der Waals surface area contributed by atoms with E-state index in [9.17, 15) is 18.8 Å². The van der Waals surface area contributed by atoms with E-state index in [4.69, 9.17) is 0 Å². The number of aryl methyl sites for hydroxylation is 1. The number of benzene rings is 1. The lowest BCUT2D eigenvalue weighted by Crippen LogP contribution is -2.42. The van der Waals surface area contributed by atoms with E-state index in [0.29, 0.717) is 17.7 Å². The second kappa shape index (κ2) is 9.64. The molecule has 2 aromatic heterocycles. The molecule has 36 heavy (non-hydrogen) atoms. The van der Waals surface area contributed by atoms with Crippen LogP contribution in [-0.2, 0) is 45.7 Å². The van der Waals surface area contributed by atoms with E-state index in [1.54, 1.807) is 37.6 Å². The summed E-state index contributed by atoms with van der Waals surface area (Å²) in [6.07, 6.45) is 6.83. The van der Waals surface area contributed by atoms with Gasteiger partial charge in [-0.25, -0.2) is 4.39 Å². The Hall–Kier alpha value is -3.88. The molecule has 1 saturated heterocycles. The maximum Gasteiger partial charge on any atom is 0.241 e. The summed E-state index contributed by atoms with van der Waals surface area (Å²) in [5, 5.41) is 7.51. The molecule has 0 radical (unpaired) electrons. The minimum absolute atomic E-state index is 0.0476. The highest BCUT2D eigenvalue weighted by Gasteiger charge is 2.54. The Morgan fingerprint density at radius 2 is 2.03 bits per heavy atom. The van der Waals surface area contributed by atoms with Gasteiger partial charge in [-0.05, 0) is 60.6 Å². The van der Waals surface area contributed by atoms with E-state index < -0.39 is 23.0 Å². The number of carbonyl (C=O) groups excluding carboxylic acids is 3. The Bertz CT molecular complexity index is 1310. The summed E-state index contributed by atoms with van der Waals surface area (Å²) in [6, 6.07) is 9.14. The first kappa shape index (κ1) is 23.8. The van der Waals surface area contributed by atoms with Crippen LogP contribution in [0.1, 0.15) is 53.8 Å².